The summed E-state index contributed by atoms with van der Waals surface area (Å²) in [5.41, 5.74) is 1.90. The number of methoxy groups -OCH3 is 1. The van der Waals surface area contributed by atoms with Gasteiger partial charge in [-0.2, -0.15) is 0 Å². The minimum absolute atomic E-state index is 0.0519. The number of halogens is 1. The number of anilines is 1. The highest BCUT2D eigenvalue weighted by Crippen LogP contribution is 2.28. The lowest BCUT2D eigenvalue weighted by atomic mass is 10.2. The quantitative estimate of drug-likeness (QED) is 0.414. The van der Waals surface area contributed by atoms with E-state index in [-0.39, 0.29) is 28.3 Å². The Hall–Kier alpha value is -3.24. The Balaban J connectivity index is 1.33. The largest absolute Gasteiger partial charge is 0.497 e. The molecular weight excluding hydrogens is 427 g/mol. The van der Waals surface area contributed by atoms with Crippen molar-refractivity contribution in [3.8, 4) is 28.5 Å². The van der Waals surface area contributed by atoms with Gasteiger partial charge in [0, 0.05) is 10.9 Å². The molecule has 0 radical (unpaired) electrons. The van der Waals surface area contributed by atoms with Gasteiger partial charge in [0.1, 0.15) is 11.6 Å². The first-order chi connectivity index (χ1) is 14.6. The highest BCUT2D eigenvalue weighted by molar-refractivity contribution is 7.99. The first kappa shape index (κ1) is 20.0. The van der Waals surface area contributed by atoms with Crippen LogP contribution in [-0.2, 0) is 4.79 Å². The second-order valence-electron chi connectivity index (χ2n) is 5.96. The lowest BCUT2D eigenvalue weighted by Gasteiger charge is -2.01. The van der Waals surface area contributed by atoms with Crippen LogP contribution in [0.3, 0.4) is 0 Å². The first-order valence-corrected chi connectivity index (χ1v) is 10.6. The minimum atomic E-state index is -0.452. The van der Waals surface area contributed by atoms with Crippen molar-refractivity contribution in [3.05, 3.63) is 59.7 Å². The van der Waals surface area contributed by atoms with Gasteiger partial charge in [0.25, 0.3) is 11.1 Å². The zero-order valence-electron chi connectivity index (χ0n) is 15.7. The van der Waals surface area contributed by atoms with Gasteiger partial charge in [0.2, 0.25) is 5.91 Å². The number of carbonyl (C=O) groups excluding carboxylic acids is 1. The van der Waals surface area contributed by atoms with Crippen LogP contribution >= 0.6 is 23.1 Å². The second-order valence-corrected chi connectivity index (χ2v) is 7.74. The maximum atomic E-state index is 13.8. The molecule has 0 aliphatic carbocycles. The number of carbonyl (C=O) groups is 1. The van der Waals surface area contributed by atoms with Crippen LogP contribution in [0.25, 0.3) is 22.7 Å². The zero-order chi connectivity index (χ0) is 20.9. The van der Waals surface area contributed by atoms with Gasteiger partial charge in [-0.05, 0) is 36.4 Å². The van der Waals surface area contributed by atoms with Gasteiger partial charge in [-0.25, -0.2) is 9.37 Å². The van der Waals surface area contributed by atoms with Crippen molar-refractivity contribution < 1.29 is 18.3 Å². The van der Waals surface area contributed by atoms with Gasteiger partial charge in [-0.15, -0.1) is 21.5 Å². The molecule has 0 aliphatic heterocycles. The van der Waals surface area contributed by atoms with Crippen LogP contribution in [-0.4, -0.2) is 34.0 Å². The molecule has 0 bridgehead atoms. The van der Waals surface area contributed by atoms with Crippen LogP contribution in [0.15, 0.2) is 63.6 Å². The molecule has 0 saturated carbocycles. The van der Waals surface area contributed by atoms with E-state index in [2.05, 4.69) is 20.5 Å². The Labute approximate surface area is 179 Å². The predicted molar refractivity (Wildman–Crippen MR) is 113 cm³/mol. The predicted octanol–water partition coefficient (Wildman–Crippen LogP) is 4.74. The second kappa shape index (κ2) is 9.06. The number of benzene rings is 2. The fraction of sp³-hybridized carbons (Fsp3) is 0.100. The summed E-state index contributed by atoms with van der Waals surface area (Å²) in [4.78, 5) is 16.6. The molecule has 7 nitrogen and oxygen atoms in total. The molecule has 152 valence electrons. The summed E-state index contributed by atoms with van der Waals surface area (Å²) in [6, 6.07) is 13.6. The van der Waals surface area contributed by atoms with Crippen LogP contribution < -0.4 is 10.1 Å². The summed E-state index contributed by atoms with van der Waals surface area (Å²) in [5.74, 6) is 0.169. The molecular formula is C20H15FN4O3S2. The van der Waals surface area contributed by atoms with Crippen molar-refractivity contribution in [3.63, 3.8) is 0 Å². The molecule has 2 heterocycles. The fourth-order valence-corrected chi connectivity index (χ4v) is 3.82. The van der Waals surface area contributed by atoms with Crippen molar-refractivity contribution in [2.24, 2.45) is 0 Å². The SMILES string of the molecule is COc1ccc(-c2csc(NC(=O)CSc3nnc(-c4ccccc4F)o3)n2)cc1. The normalized spacial score (nSPS) is 10.7. The average Bonchev–Trinajstić information content (AvgIpc) is 3.42. The summed E-state index contributed by atoms with van der Waals surface area (Å²) >= 11 is 2.40. The molecule has 4 aromatic rings. The number of rotatable bonds is 7. The lowest BCUT2D eigenvalue weighted by Crippen LogP contribution is -2.13. The van der Waals surface area contributed by atoms with Gasteiger partial charge in [0.15, 0.2) is 5.13 Å². The molecule has 0 saturated heterocycles. The third kappa shape index (κ3) is 4.66. The van der Waals surface area contributed by atoms with Crippen LogP contribution in [0, 0.1) is 5.82 Å². The third-order valence-corrected chi connectivity index (χ3v) is 5.55. The Morgan fingerprint density at radius 2 is 2.00 bits per heavy atom. The van der Waals surface area contributed by atoms with Crippen LogP contribution in [0.4, 0.5) is 9.52 Å². The zero-order valence-corrected chi connectivity index (χ0v) is 17.3. The van der Waals surface area contributed by atoms with E-state index in [1.807, 2.05) is 29.6 Å². The number of aromatic nitrogens is 3. The van der Waals surface area contributed by atoms with E-state index in [4.69, 9.17) is 9.15 Å². The highest BCUT2D eigenvalue weighted by atomic mass is 32.2. The summed E-state index contributed by atoms with van der Waals surface area (Å²) in [7, 11) is 1.61. The smallest absolute Gasteiger partial charge is 0.277 e. The molecule has 0 atom stereocenters. The molecule has 0 unspecified atom stereocenters. The van der Waals surface area contributed by atoms with Crippen molar-refractivity contribution >= 4 is 34.1 Å². The molecule has 10 heteroatoms. The number of amides is 1. The van der Waals surface area contributed by atoms with Crippen molar-refractivity contribution in [2.75, 3.05) is 18.2 Å². The molecule has 2 aromatic carbocycles. The number of hydrogen-bond acceptors (Lipinski definition) is 8. The fourth-order valence-electron chi connectivity index (χ4n) is 2.52. The lowest BCUT2D eigenvalue weighted by molar-refractivity contribution is -0.113. The standard InChI is InChI=1S/C20H15FN4O3S2/c1-27-13-8-6-12(7-9-13)16-10-29-19(22-16)23-17(26)11-30-20-25-24-18(28-20)14-4-2-3-5-15(14)21/h2-10H,11H2,1H3,(H,22,23,26). The van der Waals surface area contributed by atoms with E-state index in [9.17, 15) is 9.18 Å². The van der Waals surface area contributed by atoms with E-state index in [0.717, 1.165) is 28.8 Å². The summed E-state index contributed by atoms with van der Waals surface area (Å²) in [6.07, 6.45) is 0. The Morgan fingerprint density at radius 1 is 1.20 bits per heavy atom. The monoisotopic (exact) mass is 442 g/mol. The molecule has 1 N–H and O–H groups in total. The van der Waals surface area contributed by atoms with Crippen LogP contribution in [0.5, 0.6) is 5.75 Å². The number of thioether (sulfide) groups is 1. The van der Waals surface area contributed by atoms with Crippen molar-refractivity contribution in [1.82, 2.24) is 15.2 Å². The number of ether oxygens (including phenoxy) is 1. The van der Waals surface area contributed by atoms with E-state index in [1.54, 1.807) is 25.3 Å². The maximum absolute atomic E-state index is 13.8. The van der Waals surface area contributed by atoms with Gasteiger partial charge in [-0.1, -0.05) is 23.9 Å². The third-order valence-electron chi connectivity index (χ3n) is 3.97. The van der Waals surface area contributed by atoms with Gasteiger partial charge in [-0.3, -0.25) is 4.79 Å². The number of nitrogens with zero attached hydrogens (tertiary/aromatic N) is 3. The van der Waals surface area contributed by atoms with E-state index >= 15 is 0 Å². The van der Waals surface area contributed by atoms with Crippen LogP contribution in [0.1, 0.15) is 0 Å². The van der Waals surface area contributed by atoms with Gasteiger partial charge < -0.3 is 14.5 Å². The molecule has 0 spiro atoms. The van der Waals surface area contributed by atoms with E-state index in [1.165, 1.54) is 17.4 Å². The van der Waals surface area contributed by atoms with E-state index in [0.29, 0.717) is 5.13 Å². The molecule has 4 rings (SSSR count). The van der Waals surface area contributed by atoms with E-state index < -0.39 is 5.82 Å². The molecule has 30 heavy (non-hydrogen) atoms. The highest BCUT2D eigenvalue weighted by Gasteiger charge is 2.15. The van der Waals surface area contributed by atoms with Gasteiger partial charge in [0.05, 0.1) is 24.1 Å². The van der Waals surface area contributed by atoms with Crippen LogP contribution in [0.2, 0.25) is 0 Å². The Bertz CT molecular complexity index is 1160. The minimum Gasteiger partial charge on any atom is -0.497 e. The summed E-state index contributed by atoms with van der Waals surface area (Å²) < 4.78 is 24.4. The van der Waals surface area contributed by atoms with Crippen molar-refractivity contribution in [2.45, 2.75) is 5.22 Å². The topological polar surface area (TPSA) is 90.1 Å². The summed E-state index contributed by atoms with van der Waals surface area (Å²) in [5, 5.41) is 13.0. The first-order valence-electron chi connectivity index (χ1n) is 8.73. The molecule has 0 fully saturated rings. The Kier molecular flexibility index (Phi) is 6.05. The number of thiazole rings is 1. The summed E-state index contributed by atoms with van der Waals surface area (Å²) in [6.45, 7) is 0. The van der Waals surface area contributed by atoms with Gasteiger partial charge >= 0.3 is 0 Å². The maximum Gasteiger partial charge on any atom is 0.277 e. The molecule has 0 aliphatic rings. The Morgan fingerprint density at radius 3 is 2.77 bits per heavy atom. The van der Waals surface area contributed by atoms with Crippen molar-refractivity contribution in [1.29, 1.82) is 0 Å². The molecule has 2 aromatic heterocycles. The average molecular weight is 442 g/mol. The number of hydrogen-bond donors (Lipinski definition) is 1. The number of nitrogens with one attached hydrogen (secondary N) is 1. The molecule has 1 amide bonds.